The largest absolute Gasteiger partial charge is 0.346 e. The molecule has 21 heavy (non-hydrogen) atoms. The van der Waals surface area contributed by atoms with E-state index in [9.17, 15) is 8.78 Å². The molecule has 0 N–H and O–H groups in total. The van der Waals surface area contributed by atoms with Gasteiger partial charge in [-0.25, -0.2) is 13.8 Å². The third-order valence-corrected chi connectivity index (χ3v) is 4.78. The minimum Gasteiger partial charge on any atom is -0.346 e. The summed E-state index contributed by atoms with van der Waals surface area (Å²) in [5.41, 5.74) is 1.37. The van der Waals surface area contributed by atoms with Crippen LogP contribution in [-0.4, -0.2) is 43.1 Å². The summed E-state index contributed by atoms with van der Waals surface area (Å²) in [6, 6.07) is 3.94. The number of rotatable bonds is 2. The summed E-state index contributed by atoms with van der Waals surface area (Å²) in [5.74, 6) is -1.66. The first-order valence-corrected chi connectivity index (χ1v) is 7.72. The Morgan fingerprint density at radius 3 is 2.48 bits per heavy atom. The zero-order valence-electron chi connectivity index (χ0n) is 12.1. The molecule has 3 rings (SSSR count). The van der Waals surface area contributed by atoms with Gasteiger partial charge >= 0.3 is 0 Å². The molecule has 0 atom stereocenters. The lowest BCUT2D eigenvalue weighted by molar-refractivity contribution is 0.313. The molecule has 6 heteroatoms. The summed E-state index contributed by atoms with van der Waals surface area (Å²) in [4.78, 5) is 10.2. The highest BCUT2D eigenvalue weighted by atomic mass is 32.1. The molecule has 2 aromatic rings. The van der Waals surface area contributed by atoms with Crippen LogP contribution in [0.15, 0.2) is 18.2 Å². The van der Waals surface area contributed by atoms with Gasteiger partial charge < -0.3 is 9.80 Å². The van der Waals surface area contributed by atoms with Gasteiger partial charge in [-0.15, -0.1) is 11.3 Å². The second-order valence-corrected chi connectivity index (χ2v) is 6.50. The SMILES string of the molecule is Cc1sc(N2CCN(C)CC2)nc1-c1ccc(F)c(F)c1. The summed E-state index contributed by atoms with van der Waals surface area (Å²) in [6.45, 7) is 5.88. The summed E-state index contributed by atoms with van der Waals surface area (Å²) in [6.07, 6.45) is 0. The molecule has 1 saturated heterocycles. The highest BCUT2D eigenvalue weighted by Crippen LogP contribution is 2.33. The van der Waals surface area contributed by atoms with E-state index in [1.807, 2.05) is 6.92 Å². The Balaban J connectivity index is 1.89. The number of anilines is 1. The second kappa shape index (κ2) is 5.69. The molecular weight excluding hydrogens is 292 g/mol. The predicted octanol–water partition coefficient (Wildman–Crippen LogP) is 3.15. The van der Waals surface area contributed by atoms with Crippen LogP contribution in [0, 0.1) is 18.6 Å². The number of thiazole rings is 1. The van der Waals surface area contributed by atoms with Crippen molar-refractivity contribution in [1.82, 2.24) is 9.88 Å². The maximum Gasteiger partial charge on any atom is 0.186 e. The molecule has 0 aliphatic carbocycles. The Kier molecular flexibility index (Phi) is 3.91. The van der Waals surface area contributed by atoms with Crippen LogP contribution >= 0.6 is 11.3 Å². The Hall–Kier alpha value is -1.53. The normalized spacial score (nSPS) is 16.5. The van der Waals surface area contributed by atoms with Gasteiger partial charge in [0.1, 0.15) is 0 Å². The van der Waals surface area contributed by atoms with Crippen molar-refractivity contribution in [1.29, 1.82) is 0 Å². The fraction of sp³-hybridized carbons (Fsp3) is 0.400. The highest BCUT2D eigenvalue weighted by molar-refractivity contribution is 7.16. The summed E-state index contributed by atoms with van der Waals surface area (Å²) in [7, 11) is 2.11. The first kappa shape index (κ1) is 14.4. The number of likely N-dealkylation sites (N-methyl/N-ethyl adjacent to an activating group) is 1. The molecule has 0 amide bonds. The van der Waals surface area contributed by atoms with E-state index < -0.39 is 11.6 Å². The van der Waals surface area contributed by atoms with Crippen LogP contribution in [-0.2, 0) is 0 Å². The average Bonchev–Trinajstić information content (AvgIpc) is 2.85. The Labute approximate surface area is 126 Å². The van der Waals surface area contributed by atoms with Gasteiger partial charge in [-0.3, -0.25) is 0 Å². The second-order valence-electron chi connectivity index (χ2n) is 5.32. The van der Waals surface area contributed by atoms with E-state index in [4.69, 9.17) is 0 Å². The smallest absolute Gasteiger partial charge is 0.186 e. The molecule has 112 valence electrons. The lowest BCUT2D eigenvalue weighted by atomic mass is 10.1. The Bertz CT molecular complexity index is 648. The number of halogens is 2. The van der Waals surface area contributed by atoms with Crippen LogP contribution in [0.5, 0.6) is 0 Å². The quantitative estimate of drug-likeness (QED) is 0.849. The van der Waals surface area contributed by atoms with Crippen LogP contribution in [0.3, 0.4) is 0 Å². The van der Waals surface area contributed by atoms with E-state index in [-0.39, 0.29) is 0 Å². The first-order chi connectivity index (χ1) is 10.0. The molecule has 1 aliphatic heterocycles. The van der Waals surface area contributed by atoms with Crippen LogP contribution in [0.4, 0.5) is 13.9 Å². The number of aromatic nitrogens is 1. The molecule has 0 radical (unpaired) electrons. The highest BCUT2D eigenvalue weighted by Gasteiger charge is 2.19. The monoisotopic (exact) mass is 309 g/mol. The zero-order valence-corrected chi connectivity index (χ0v) is 12.9. The zero-order chi connectivity index (χ0) is 15.0. The van der Waals surface area contributed by atoms with E-state index in [1.165, 1.54) is 6.07 Å². The molecule has 0 spiro atoms. The Morgan fingerprint density at radius 1 is 1.10 bits per heavy atom. The van der Waals surface area contributed by atoms with Crippen molar-refractivity contribution in [2.45, 2.75) is 6.92 Å². The van der Waals surface area contributed by atoms with E-state index in [2.05, 4.69) is 21.8 Å². The van der Waals surface area contributed by atoms with Gasteiger partial charge in [0.05, 0.1) is 5.69 Å². The van der Waals surface area contributed by atoms with Gasteiger partial charge in [0.2, 0.25) is 0 Å². The molecule has 0 bridgehead atoms. The van der Waals surface area contributed by atoms with Crippen molar-refractivity contribution < 1.29 is 8.78 Å². The molecule has 1 fully saturated rings. The number of hydrogen-bond acceptors (Lipinski definition) is 4. The fourth-order valence-corrected chi connectivity index (χ4v) is 3.41. The van der Waals surface area contributed by atoms with E-state index in [0.717, 1.165) is 47.9 Å². The van der Waals surface area contributed by atoms with Gasteiger partial charge in [-0.05, 0) is 32.2 Å². The molecule has 0 unspecified atom stereocenters. The molecule has 2 heterocycles. The van der Waals surface area contributed by atoms with Crippen molar-refractivity contribution >= 4 is 16.5 Å². The van der Waals surface area contributed by atoms with Crippen LogP contribution < -0.4 is 4.90 Å². The first-order valence-electron chi connectivity index (χ1n) is 6.91. The van der Waals surface area contributed by atoms with Crippen LogP contribution in [0.2, 0.25) is 0 Å². The average molecular weight is 309 g/mol. The summed E-state index contributed by atoms with van der Waals surface area (Å²) < 4.78 is 26.4. The topological polar surface area (TPSA) is 19.4 Å². The third kappa shape index (κ3) is 2.91. The fourth-order valence-electron chi connectivity index (χ4n) is 2.43. The van der Waals surface area contributed by atoms with Crippen molar-refractivity contribution in [2.75, 3.05) is 38.1 Å². The standard InChI is InChI=1S/C15H17F2N3S/c1-10-14(11-3-4-12(16)13(17)9-11)18-15(21-10)20-7-5-19(2)6-8-20/h3-4,9H,5-8H2,1-2H3. The van der Waals surface area contributed by atoms with Gasteiger partial charge in [0.25, 0.3) is 0 Å². The predicted molar refractivity (Wildman–Crippen MR) is 81.9 cm³/mol. The lowest BCUT2D eigenvalue weighted by Gasteiger charge is -2.32. The van der Waals surface area contributed by atoms with Crippen LogP contribution in [0.1, 0.15) is 4.88 Å². The summed E-state index contributed by atoms with van der Waals surface area (Å²) in [5, 5.41) is 0.959. The molecule has 0 saturated carbocycles. The summed E-state index contributed by atoms with van der Waals surface area (Å²) >= 11 is 1.61. The van der Waals surface area contributed by atoms with E-state index >= 15 is 0 Å². The van der Waals surface area contributed by atoms with Crippen LogP contribution in [0.25, 0.3) is 11.3 Å². The molecular formula is C15H17F2N3S. The lowest BCUT2D eigenvalue weighted by Crippen LogP contribution is -2.44. The van der Waals surface area contributed by atoms with Crippen molar-refractivity contribution in [3.63, 3.8) is 0 Å². The molecule has 1 aromatic carbocycles. The van der Waals surface area contributed by atoms with Gasteiger partial charge in [-0.2, -0.15) is 0 Å². The maximum absolute atomic E-state index is 13.4. The third-order valence-electron chi connectivity index (χ3n) is 3.75. The number of benzene rings is 1. The number of hydrogen-bond donors (Lipinski definition) is 0. The Morgan fingerprint density at radius 2 is 1.81 bits per heavy atom. The van der Waals surface area contributed by atoms with Gasteiger partial charge in [-0.1, -0.05) is 0 Å². The maximum atomic E-state index is 13.4. The van der Waals surface area contributed by atoms with E-state index in [0.29, 0.717) is 5.56 Å². The number of nitrogens with zero attached hydrogens (tertiary/aromatic N) is 3. The van der Waals surface area contributed by atoms with Crippen molar-refractivity contribution in [2.24, 2.45) is 0 Å². The molecule has 1 aromatic heterocycles. The van der Waals surface area contributed by atoms with Gasteiger partial charge in [0.15, 0.2) is 16.8 Å². The molecule has 1 aliphatic rings. The number of piperazine rings is 1. The van der Waals surface area contributed by atoms with E-state index in [1.54, 1.807) is 17.4 Å². The minimum absolute atomic E-state index is 0.628. The van der Waals surface area contributed by atoms with Crippen molar-refractivity contribution in [3.8, 4) is 11.3 Å². The minimum atomic E-state index is -0.832. The molecule has 3 nitrogen and oxygen atoms in total. The van der Waals surface area contributed by atoms with Gasteiger partial charge in [0, 0.05) is 36.6 Å². The number of aryl methyl sites for hydroxylation is 1. The van der Waals surface area contributed by atoms with Crippen molar-refractivity contribution in [3.05, 3.63) is 34.7 Å².